The van der Waals surface area contributed by atoms with Crippen LogP contribution in [0.2, 0.25) is 5.02 Å². The minimum atomic E-state index is -1.94. The van der Waals surface area contributed by atoms with Crippen LogP contribution >= 0.6 is 11.6 Å². The van der Waals surface area contributed by atoms with Gasteiger partial charge in [-0.05, 0) is 24.6 Å². The molecule has 0 saturated heterocycles. The van der Waals surface area contributed by atoms with E-state index in [2.05, 4.69) is 4.98 Å². The molecule has 1 unspecified atom stereocenters. The lowest BCUT2D eigenvalue weighted by Crippen LogP contribution is -2.43. The van der Waals surface area contributed by atoms with Crippen molar-refractivity contribution in [1.82, 2.24) is 4.98 Å². The van der Waals surface area contributed by atoms with Crippen molar-refractivity contribution in [2.75, 3.05) is 14.2 Å². The number of benzene rings is 1. The van der Waals surface area contributed by atoms with Gasteiger partial charge < -0.3 is 19.3 Å². The van der Waals surface area contributed by atoms with E-state index < -0.39 is 12.1 Å². The molecular weight excluding hydrogens is 310 g/mol. The van der Waals surface area contributed by atoms with E-state index in [1.165, 1.54) is 20.4 Å². The van der Waals surface area contributed by atoms with Crippen molar-refractivity contribution >= 4 is 29.0 Å². The quantitative estimate of drug-likeness (QED) is 0.649. The van der Waals surface area contributed by atoms with Crippen molar-refractivity contribution in [3.63, 3.8) is 0 Å². The van der Waals surface area contributed by atoms with E-state index in [9.17, 15) is 9.90 Å². The molecule has 7 heteroatoms. The van der Waals surface area contributed by atoms with Gasteiger partial charge in [0.15, 0.2) is 6.10 Å². The summed E-state index contributed by atoms with van der Waals surface area (Å²) in [6.45, 7) is 1.97. The molecule has 1 aromatic carbocycles. The minimum Gasteiger partial charge on any atom is -0.408 e. The summed E-state index contributed by atoms with van der Waals surface area (Å²) in [5.41, 5.74) is 1.86. The number of hydrogen-bond donors (Lipinski definition) is 1. The number of methoxy groups -OCH3 is 2. The van der Waals surface area contributed by atoms with Gasteiger partial charge in [-0.3, -0.25) is 9.78 Å². The molecule has 0 fully saturated rings. The monoisotopic (exact) mass is 325 g/mol. The molecular formula is C15H16ClNO5. The highest BCUT2D eigenvalue weighted by Crippen LogP contribution is 2.34. The summed E-state index contributed by atoms with van der Waals surface area (Å²) in [7, 11) is 2.53. The van der Waals surface area contributed by atoms with E-state index in [1.54, 1.807) is 18.2 Å². The number of aromatic nitrogens is 1. The van der Waals surface area contributed by atoms with Gasteiger partial charge >= 0.3 is 5.97 Å². The van der Waals surface area contributed by atoms with E-state index in [0.29, 0.717) is 16.1 Å². The second-order valence-electron chi connectivity index (χ2n) is 4.63. The molecule has 1 N–H and O–H groups in total. The first-order valence-electron chi connectivity index (χ1n) is 6.43. The van der Waals surface area contributed by atoms with Crippen molar-refractivity contribution in [3.05, 3.63) is 40.5 Å². The molecule has 1 heterocycles. The van der Waals surface area contributed by atoms with Crippen LogP contribution in [0, 0.1) is 6.92 Å². The standard InChI is InChI=1S/C15H16ClNO5/c1-9-11-5-4-10(16)6-13(11)17-7-12(9)14(19)15(20-2,21-3)22-8-18/h4-8,14,19H,1-3H3. The smallest absolute Gasteiger partial charge is 0.360 e. The Morgan fingerprint density at radius 1 is 1.36 bits per heavy atom. The van der Waals surface area contributed by atoms with Crippen LogP contribution in [0.5, 0.6) is 0 Å². The fourth-order valence-corrected chi connectivity index (χ4v) is 2.49. The largest absolute Gasteiger partial charge is 0.408 e. The number of aliphatic hydroxyl groups excluding tert-OH is 1. The van der Waals surface area contributed by atoms with E-state index in [1.807, 2.05) is 6.92 Å². The highest BCUT2D eigenvalue weighted by Gasteiger charge is 2.43. The van der Waals surface area contributed by atoms with Gasteiger partial charge in [-0.1, -0.05) is 17.7 Å². The Morgan fingerprint density at radius 2 is 2.05 bits per heavy atom. The maximum Gasteiger partial charge on any atom is 0.360 e. The van der Waals surface area contributed by atoms with Crippen molar-refractivity contribution in [2.24, 2.45) is 0 Å². The third-order valence-electron chi connectivity index (χ3n) is 3.55. The molecule has 22 heavy (non-hydrogen) atoms. The number of halogens is 1. The summed E-state index contributed by atoms with van der Waals surface area (Å²) in [6.07, 6.45) is 0.0971. The van der Waals surface area contributed by atoms with E-state index >= 15 is 0 Å². The van der Waals surface area contributed by atoms with Crippen LogP contribution in [0.1, 0.15) is 17.2 Å². The molecule has 0 radical (unpaired) electrons. The van der Waals surface area contributed by atoms with Crippen LogP contribution in [-0.4, -0.2) is 36.8 Å². The Hall–Kier alpha value is -1.73. The zero-order chi connectivity index (χ0) is 16.3. The van der Waals surface area contributed by atoms with Gasteiger partial charge in [0.2, 0.25) is 0 Å². The molecule has 0 aliphatic rings. The Bertz CT molecular complexity index is 687. The number of ether oxygens (including phenoxy) is 3. The van der Waals surface area contributed by atoms with Crippen molar-refractivity contribution in [2.45, 2.75) is 19.0 Å². The summed E-state index contributed by atoms with van der Waals surface area (Å²) in [6, 6.07) is 5.26. The van der Waals surface area contributed by atoms with Crippen LogP contribution < -0.4 is 0 Å². The topological polar surface area (TPSA) is 77.9 Å². The van der Waals surface area contributed by atoms with Crippen LogP contribution in [0.25, 0.3) is 10.9 Å². The third kappa shape index (κ3) is 2.78. The average Bonchev–Trinajstić information content (AvgIpc) is 2.52. The maximum absolute atomic E-state index is 10.7. The molecule has 0 bridgehead atoms. The zero-order valence-electron chi connectivity index (χ0n) is 12.4. The molecule has 2 aromatic rings. The molecule has 118 valence electrons. The van der Waals surface area contributed by atoms with Gasteiger partial charge in [-0.25, -0.2) is 0 Å². The molecule has 1 aromatic heterocycles. The maximum atomic E-state index is 10.7. The second-order valence-corrected chi connectivity index (χ2v) is 5.06. The summed E-state index contributed by atoms with van der Waals surface area (Å²) in [5, 5.41) is 11.9. The number of carbonyl (C=O) groups excluding carboxylic acids is 1. The fraction of sp³-hybridized carbons (Fsp3) is 0.333. The number of hydrogen-bond acceptors (Lipinski definition) is 6. The predicted octanol–water partition coefficient (Wildman–Crippen LogP) is 2.35. The van der Waals surface area contributed by atoms with Gasteiger partial charge in [0.25, 0.3) is 6.47 Å². The van der Waals surface area contributed by atoms with E-state index in [0.717, 1.165) is 10.9 Å². The third-order valence-corrected chi connectivity index (χ3v) is 3.79. The minimum absolute atomic E-state index is 0.153. The Labute approximate surface area is 132 Å². The number of aryl methyl sites for hydroxylation is 1. The highest BCUT2D eigenvalue weighted by atomic mass is 35.5. The summed E-state index contributed by atoms with van der Waals surface area (Å²) >= 11 is 5.94. The van der Waals surface area contributed by atoms with Gasteiger partial charge in [-0.2, -0.15) is 0 Å². The van der Waals surface area contributed by atoms with Gasteiger partial charge in [-0.15, -0.1) is 0 Å². The molecule has 1 atom stereocenters. The van der Waals surface area contributed by atoms with Crippen LogP contribution in [0.4, 0.5) is 0 Å². The predicted molar refractivity (Wildman–Crippen MR) is 80.3 cm³/mol. The average molecular weight is 326 g/mol. The second kappa shape index (κ2) is 6.58. The Balaban J connectivity index is 2.56. The van der Waals surface area contributed by atoms with Crippen molar-refractivity contribution in [1.29, 1.82) is 0 Å². The van der Waals surface area contributed by atoms with Crippen LogP contribution in [0.3, 0.4) is 0 Å². The number of carbonyl (C=O) groups is 1. The zero-order valence-corrected chi connectivity index (χ0v) is 13.1. The molecule has 0 aliphatic heterocycles. The number of nitrogens with zero attached hydrogens (tertiary/aromatic N) is 1. The number of aliphatic hydroxyl groups is 1. The fourth-order valence-electron chi connectivity index (χ4n) is 2.32. The molecule has 2 rings (SSSR count). The first kappa shape index (κ1) is 16.6. The molecule has 0 aliphatic carbocycles. The van der Waals surface area contributed by atoms with E-state index in [-0.39, 0.29) is 6.47 Å². The first-order valence-corrected chi connectivity index (χ1v) is 6.81. The number of pyridine rings is 1. The molecule has 0 amide bonds. The number of rotatable bonds is 6. The summed E-state index contributed by atoms with van der Waals surface area (Å²) in [4.78, 5) is 15.0. The summed E-state index contributed by atoms with van der Waals surface area (Å²) in [5.74, 6) is -1.94. The molecule has 0 saturated carbocycles. The van der Waals surface area contributed by atoms with E-state index in [4.69, 9.17) is 25.8 Å². The lowest BCUT2D eigenvalue weighted by molar-refractivity contribution is -0.378. The van der Waals surface area contributed by atoms with Crippen molar-refractivity contribution < 1.29 is 24.1 Å². The van der Waals surface area contributed by atoms with Crippen LogP contribution in [-0.2, 0) is 19.0 Å². The number of fused-ring (bicyclic) bond motifs is 1. The van der Waals surface area contributed by atoms with Gasteiger partial charge in [0, 0.05) is 36.4 Å². The molecule has 0 spiro atoms. The van der Waals surface area contributed by atoms with Crippen molar-refractivity contribution in [3.8, 4) is 0 Å². The van der Waals surface area contributed by atoms with Crippen LogP contribution in [0.15, 0.2) is 24.4 Å². The lowest BCUT2D eigenvalue weighted by Gasteiger charge is -2.33. The Kier molecular flexibility index (Phi) is 4.97. The normalized spacial score (nSPS) is 13.1. The lowest BCUT2D eigenvalue weighted by atomic mass is 10.00. The van der Waals surface area contributed by atoms with Gasteiger partial charge in [0.05, 0.1) is 5.52 Å². The highest BCUT2D eigenvalue weighted by molar-refractivity contribution is 6.31. The SMILES string of the molecule is COC(OC)(OC=O)C(O)c1cnc2cc(Cl)ccc2c1C. The first-order chi connectivity index (χ1) is 10.5. The summed E-state index contributed by atoms with van der Waals surface area (Å²) < 4.78 is 14.9. The Morgan fingerprint density at radius 3 is 2.64 bits per heavy atom. The molecule has 6 nitrogen and oxygen atoms in total. The van der Waals surface area contributed by atoms with Gasteiger partial charge in [0.1, 0.15) is 0 Å².